The topological polar surface area (TPSA) is 26.9 Å². The van der Waals surface area contributed by atoms with Gasteiger partial charge in [0.2, 0.25) is 0 Å². The zero-order valence-corrected chi connectivity index (χ0v) is 13.1. The first-order valence-electron chi connectivity index (χ1n) is 8.67. The Bertz CT molecular complexity index is 690. The van der Waals surface area contributed by atoms with Gasteiger partial charge in [-0.05, 0) is 43.1 Å². The molecular formula is C19H24N2O. The minimum Gasteiger partial charge on any atom is -0.282 e. The third-order valence-electron chi connectivity index (χ3n) is 5.47. The van der Waals surface area contributed by atoms with E-state index in [0.717, 1.165) is 30.3 Å². The lowest BCUT2D eigenvalue weighted by atomic mass is 9.85. The molecule has 0 aliphatic heterocycles. The van der Waals surface area contributed by atoms with Gasteiger partial charge in [-0.1, -0.05) is 43.2 Å². The molecule has 2 saturated carbocycles. The highest BCUT2D eigenvalue weighted by atomic mass is 16.1. The summed E-state index contributed by atoms with van der Waals surface area (Å²) >= 11 is 0. The summed E-state index contributed by atoms with van der Waals surface area (Å²) in [4.78, 5) is 12.5. The van der Waals surface area contributed by atoms with Crippen LogP contribution in [0.5, 0.6) is 0 Å². The van der Waals surface area contributed by atoms with Gasteiger partial charge in [0.05, 0.1) is 5.69 Å². The number of hydrogen-bond donors (Lipinski definition) is 0. The lowest BCUT2D eigenvalue weighted by Gasteiger charge is -2.30. The summed E-state index contributed by atoms with van der Waals surface area (Å²) in [7, 11) is 0. The summed E-state index contributed by atoms with van der Waals surface area (Å²) in [6.07, 6.45) is 7.85. The Kier molecular flexibility index (Phi) is 3.65. The molecule has 0 atom stereocenters. The van der Waals surface area contributed by atoms with Crippen LogP contribution in [0.15, 0.2) is 41.2 Å². The molecule has 2 aromatic rings. The van der Waals surface area contributed by atoms with Crippen LogP contribution in [0.2, 0.25) is 0 Å². The summed E-state index contributed by atoms with van der Waals surface area (Å²) in [5.41, 5.74) is 2.42. The summed E-state index contributed by atoms with van der Waals surface area (Å²) in [6, 6.07) is 12.2. The lowest BCUT2D eigenvalue weighted by Crippen LogP contribution is -2.32. The highest BCUT2D eigenvalue weighted by Crippen LogP contribution is 2.31. The molecule has 0 spiro atoms. The predicted molar refractivity (Wildman–Crippen MR) is 88.8 cm³/mol. The van der Waals surface area contributed by atoms with Crippen molar-refractivity contribution in [3.05, 3.63) is 46.8 Å². The molecule has 1 heterocycles. The van der Waals surface area contributed by atoms with Gasteiger partial charge in [0.15, 0.2) is 0 Å². The highest BCUT2D eigenvalue weighted by molar-refractivity contribution is 5.59. The Morgan fingerprint density at radius 3 is 2.00 bits per heavy atom. The van der Waals surface area contributed by atoms with E-state index < -0.39 is 0 Å². The maximum Gasteiger partial charge on any atom is 0.267 e. The van der Waals surface area contributed by atoms with Crippen molar-refractivity contribution >= 4 is 0 Å². The number of hydrogen-bond acceptors (Lipinski definition) is 1. The second-order valence-corrected chi connectivity index (χ2v) is 6.99. The highest BCUT2D eigenvalue weighted by Gasteiger charge is 2.24. The molecule has 22 heavy (non-hydrogen) atoms. The SMILES string of the molecule is O=c1cc(-c2ccccc2)n(CC2CCC2)n1CC1CCC1. The molecule has 0 unspecified atom stereocenters. The van der Waals surface area contributed by atoms with Gasteiger partial charge in [-0.15, -0.1) is 0 Å². The number of aromatic nitrogens is 2. The maximum absolute atomic E-state index is 12.5. The molecule has 0 bridgehead atoms. The number of rotatable bonds is 5. The summed E-state index contributed by atoms with van der Waals surface area (Å²) in [5.74, 6) is 1.46. The van der Waals surface area contributed by atoms with Crippen molar-refractivity contribution in [2.24, 2.45) is 11.8 Å². The number of benzene rings is 1. The largest absolute Gasteiger partial charge is 0.282 e. The summed E-state index contributed by atoms with van der Waals surface area (Å²) < 4.78 is 4.30. The Labute approximate surface area is 131 Å². The zero-order valence-electron chi connectivity index (χ0n) is 13.1. The lowest BCUT2D eigenvalue weighted by molar-refractivity contribution is 0.212. The van der Waals surface area contributed by atoms with Crippen molar-refractivity contribution in [1.29, 1.82) is 0 Å². The van der Waals surface area contributed by atoms with Crippen LogP contribution in [0.4, 0.5) is 0 Å². The molecule has 1 aromatic carbocycles. The average Bonchev–Trinajstić information content (AvgIpc) is 2.75. The van der Waals surface area contributed by atoms with E-state index in [2.05, 4.69) is 28.9 Å². The van der Waals surface area contributed by atoms with E-state index in [9.17, 15) is 4.79 Å². The van der Waals surface area contributed by atoms with Crippen LogP contribution in [0.3, 0.4) is 0 Å². The van der Waals surface area contributed by atoms with Crippen molar-refractivity contribution in [2.45, 2.75) is 51.6 Å². The molecule has 116 valence electrons. The Morgan fingerprint density at radius 1 is 0.864 bits per heavy atom. The molecule has 3 nitrogen and oxygen atoms in total. The van der Waals surface area contributed by atoms with Crippen LogP contribution >= 0.6 is 0 Å². The van der Waals surface area contributed by atoms with Crippen molar-refractivity contribution in [2.75, 3.05) is 0 Å². The summed E-state index contributed by atoms with van der Waals surface area (Å²) in [5, 5.41) is 0. The second kappa shape index (κ2) is 5.79. The molecule has 2 fully saturated rings. The quantitative estimate of drug-likeness (QED) is 0.821. The normalized spacial score (nSPS) is 18.9. The van der Waals surface area contributed by atoms with Crippen molar-refractivity contribution in [3.8, 4) is 11.3 Å². The molecule has 0 radical (unpaired) electrons. The number of nitrogens with zero attached hydrogens (tertiary/aromatic N) is 2. The van der Waals surface area contributed by atoms with Gasteiger partial charge in [-0.25, -0.2) is 4.68 Å². The van der Waals surface area contributed by atoms with Gasteiger partial charge in [-0.2, -0.15) is 0 Å². The Morgan fingerprint density at radius 2 is 1.45 bits per heavy atom. The zero-order chi connectivity index (χ0) is 14.9. The summed E-state index contributed by atoms with van der Waals surface area (Å²) in [6.45, 7) is 1.90. The molecule has 3 heteroatoms. The van der Waals surface area contributed by atoms with Crippen molar-refractivity contribution in [1.82, 2.24) is 9.36 Å². The maximum atomic E-state index is 12.5. The van der Waals surface area contributed by atoms with Crippen LogP contribution in [0.25, 0.3) is 11.3 Å². The molecular weight excluding hydrogens is 272 g/mol. The van der Waals surface area contributed by atoms with Crippen LogP contribution in [-0.4, -0.2) is 9.36 Å². The van der Waals surface area contributed by atoms with Gasteiger partial charge >= 0.3 is 0 Å². The minimum absolute atomic E-state index is 0.171. The fraction of sp³-hybridized carbons (Fsp3) is 0.526. The Balaban J connectivity index is 1.72. The van der Waals surface area contributed by atoms with E-state index >= 15 is 0 Å². The van der Waals surface area contributed by atoms with Crippen LogP contribution in [-0.2, 0) is 13.1 Å². The van der Waals surface area contributed by atoms with E-state index in [0.29, 0.717) is 5.92 Å². The van der Waals surface area contributed by atoms with Crippen LogP contribution in [0.1, 0.15) is 38.5 Å². The first-order chi connectivity index (χ1) is 10.8. The Hall–Kier alpha value is -1.77. The van der Waals surface area contributed by atoms with E-state index in [-0.39, 0.29) is 5.56 Å². The molecule has 1 aromatic heterocycles. The van der Waals surface area contributed by atoms with Gasteiger partial charge in [0.25, 0.3) is 5.56 Å². The molecule has 2 aliphatic carbocycles. The van der Waals surface area contributed by atoms with Gasteiger partial charge in [0.1, 0.15) is 0 Å². The predicted octanol–water partition coefficient (Wildman–Crippen LogP) is 3.92. The first kappa shape index (κ1) is 13.9. The van der Waals surface area contributed by atoms with Gasteiger partial charge in [-0.3, -0.25) is 9.48 Å². The minimum atomic E-state index is 0.171. The van der Waals surface area contributed by atoms with E-state index in [4.69, 9.17) is 0 Å². The van der Waals surface area contributed by atoms with Crippen LogP contribution in [0, 0.1) is 11.8 Å². The van der Waals surface area contributed by atoms with Gasteiger partial charge < -0.3 is 0 Å². The molecule has 2 aliphatic rings. The fourth-order valence-electron chi connectivity index (χ4n) is 3.58. The monoisotopic (exact) mass is 296 g/mol. The smallest absolute Gasteiger partial charge is 0.267 e. The molecule has 0 saturated heterocycles. The van der Waals surface area contributed by atoms with Crippen LogP contribution < -0.4 is 5.56 Å². The van der Waals surface area contributed by atoms with E-state index in [1.807, 2.05) is 16.8 Å². The first-order valence-corrected chi connectivity index (χ1v) is 8.67. The molecule has 4 rings (SSSR count). The average molecular weight is 296 g/mol. The third-order valence-corrected chi connectivity index (χ3v) is 5.47. The standard InChI is InChI=1S/C19H24N2O/c22-19-12-18(17-10-2-1-3-11-17)20(13-15-6-4-7-15)21(19)14-16-8-5-9-16/h1-3,10-12,15-16H,4-9,13-14H2. The molecule has 0 N–H and O–H groups in total. The third kappa shape index (κ3) is 2.53. The van der Waals surface area contributed by atoms with Gasteiger partial charge in [0, 0.05) is 19.2 Å². The van der Waals surface area contributed by atoms with Crippen molar-refractivity contribution in [3.63, 3.8) is 0 Å². The van der Waals surface area contributed by atoms with Crippen molar-refractivity contribution < 1.29 is 0 Å². The van der Waals surface area contributed by atoms with E-state index in [1.54, 1.807) is 0 Å². The van der Waals surface area contributed by atoms with E-state index in [1.165, 1.54) is 38.5 Å². The second-order valence-electron chi connectivity index (χ2n) is 6.99. The molecule has 0 amide bonds. The fourth-order valence-corrected chi connectivity index (χ4v) is 3.58.